The van der Waals surface area contributed by atoms with Gasteiger partial charge in [0.1, 0.15) is 5.78 Å². The fraction of sp³-hybridized carbons (Fsp3) is 0.917. The van der Waals surface area contributed by atoms with Crippen molar-refractivity contribution < 1.29 is 4.79 Å². The second-order valence-corrected chi connectivity index (χ2v) is 4.87. The fourth-order valence-electron chi connectivity index (χ4n) is 2.94. The summed E-state index contributed by atoms with van der Waals surface area (Å²) in [4.78, 5) is 10.2. The van der Waals surface area contributed by atoms with Crippen LogP contribution in [0.5, 0.6) is 0 Å². The Morgan fingerprint density at radius 1 is 0.846 bits per heavy atom. The minimum absolute atomic E-state index is 0.454. The summed E-state index contributed by atoms with van der Waals surface area (Å²) in [6.07, 6.45) is 11.8. The van der Waals surface area contributed by atoms with Gasteiger partial charge in [0.25, 0.3) is 0 Å². The normalized spacial score (nSPS) is 36.2. The summed E-state index contributed by atoms with van der Waals surface area (Å²) < 4.78 is 0. The van der Waals surface area contributed by atoms with E-state index in [2.05, 4.69) is 0 Å². The Bertz CT molecular complexity index is 160. The quantitative estimate of drug-likeness (QED) is 0.559. The van der Waals surface area contributed by atoms with Gasteiger partial charge in [0.2, 0.25) is 0 Å². The van der Waals surface area contributed by atoms with E-state index in [1.165, 1.54) is 11.8 Å². The fourth-order valence-corrected chi connectivity index (χ4v) is 2.94. The van der Waals surface area contributed by atoms with Gasteiger partial charge in [0.05, 0.1) is 0 Å². The Morgan fingerprint density at radius 2 is 1.31 bits per heavy atom. The van der Waals surface area contributed by atoms with Gasteiger partial charge in [-0.3, -0.25) is 4.79 Å². The molecule has 0 aliphatic heterocycles. The zero-order valence-corrected chi connectivity index (χ0v) is 8.43. The van der Waals surface area contributed by atoms with Crippen molar-refractivity contribution in [1.29, 1.82) is 0 Å². The van der Waals surface area contributed by atoms with Crippen LogP contribution in [0.1, 0.15) is 57.8 Å². The summed E-state index contributed by atoms with van der Waals surface area (Å²) in [5, 5.41) is 0. The summed E-state index contributed by atoms with van der Waals surface area (Å²) in [6, 6.07) is 0. The Morgan fingerprint density at radius 3 is 1.46 bits per heavy atom. The minimum atomic E-state index is 0.454. The molecule has 0 spiro atoms. The highest BCUT2D eigenvalue weighted by Crippen LogP contribution is 2.43. The standard InChI is InChI=1S/C7H12.C5H8O/c1-2-7-4-3-6(1)5-7;6-5-3-1-2-4-5/h6-7H,1-5H2;1-4H2. The van der Waals surface area contributed by atoms with E-state index >= 15 is 0 Å². The molecule has 0 aromatic rings. The maximum atomic E-state index is 10.2. The van der Waals surface area contributed by atoms with E-state index in [-0.39, 0.29) is 0 Å². The van der Waals surface area contributed by atoms with Gasteiger partial charge in [-0.2, -0.15) is 0 Å². The van der Waals surface area contributed by atoms with Gasteiger partial charge in [0.15, 0.2) is 0 Å². The van der Waals surface area contributed by atoms with Crippen molar-refractivity contribution in [3.63, 3.8) is 0 Å². The molecule has 2 bridgehead atoms. The highest BCUT2D eigenvalue weighted by Gasteiger charge is 2.30. The number of Topliss-reactive ketones (excluding diaryl/α,β-unsaturated/α-hetero) is 1. The second-order valence-electron chi connectivity index (χ2n) is 4.87. The third kappa shape index (κ3) is 2.55. The molecule has 1 heteroatoms. The lowest BCUT2D eigenvalue weighted by Gasteiger charge is -2.05. The van der Waals surface area contributed by atoms with Gasteiger partial charge in [-0.25, -0.2) is 0 Å². The minimum Gasteiger partial charge on any atom is -0.300 e. The molecule has 3 rings (SSSR count). The predicted octanol–water partition coefficient (Wildman–Crippen LogP) is 3.33. The molecule has 0 radical (unpaired) electrons. The molecule has 1 nitrogen and oxygen atoms in total. The first kappa shape index (κ1) is 9.23. The largest absolute Gasteiger partial charge is 0.300 e. The first-order chi connectivity index (χ1) is 6.34. The molecule has 3 aliphatic rings. The van der Waals surface area contributed by atoms with Crippen LogP contribution in [-0.4, -0.2) is 5.78 Å². The molecule has 0 unspecified atom stereocenters. The number of ketones is 1. The zero-order valence-electron chi connectivity index (χ0n) is 8.43. The third-order valence-corrected chi connectivity index (χ3v) is 3.79. The SMILES string of the molecule is C1CC2CCC1C2.O=C1CCCC1. The van der Waals surface area contributed by atoms with E-state index in [0.717, 1.165) is 25.7 Å². The highest BCUT2D eigenvalue weighted by molar-refractivity contribution is 5.79. The van der Waals surface area contributed by atoms with E-state index in [4.69, 9.17) is 0 Å². The average molecular weight is 180 g/mol. The summed E-state index contributed by atoms with van der Waals surface area (Å²) >= 11 is 0. The van der Waals surface area contributed by atoms with Gasteiger partial charge < -0.3 is 0 Å². The van der Waals surface area contributed by atoms with Crippen LogP contribution in [0.3, 0.4) is 0 Å². The molecule has 0 amide bonds. The maximum absolute atomic E-state index is 10.2. The molecule has 3 aliphatic carbocycles. The van der Waals surface area contributed by atoms with Crippen molar-refractivity contribution in [2.45, 2.75) is 57.8 Å². The van der Waals surface area contributed by atoms with Crippen molar-refractivity contribution in [3.05, 3.63) is 0 Å². The summed E-state index contributed by atoms with van der Waals surface area (Å²) in [5.41, 5.74) is 0. The number of hydrogen-bond acceptors (Lipinski definition) is 1. The van der Waals surface area contributed by atoms with Crippen LogP contribution in [0, 0.1) is 11.8 Å². The number of carbonyl (C=O) groups excluding carboxylic acids is 1. The van der Waals surface area contributed by atoms with Crippen molar-refractivity contribution in [2.75, 3.05) is 0 Å². The smallest absolute Gasteiger partial charge is 0.132 e. The van der Waals surface area contributed by atoms with Crippen molar-refractivity contribution >= 4 is 5.78 Å². The molecule has 0 saturated heterocycles. The third-order valence-electron chi connectivity index (χ3n) is 3.79. The second kappa shape index (κ2) is 4.26. The number of hydrogen-bond donors (Lipinski definition) is 0. The number of rotatable bonds is 0. The molecule has 74 valence electrons. The van der Waals surface area contributed by atoms with Crippen molar-refractivity contribution in [3.8, 4) is 0 Å². The van der Waals surface area contributed by atoms with E-state index in [0.29, 0.717) is 5.78 Å². The average Bonchev–Trinajstić information content (AvgIpc) is 2.80. The molecule has 0 aromatic heterocycles. The van der Waals surface area contributed by atoms with Gasteiger partial charge in [0, 0.05) is 12.8 Å². The summed E-state index contributed by atoms with van der Waals surface area (Å²) in [6.45, 7) is 0. The Kier molecular flexibility index (Phi) is 3.02. The Labute approximate surface area is 80.9 Å². The summed E-state index contributed by atoms with van der Waals surface area (Å²) in [7, 11) is 0. The Hall–Kier alpha value is -0.330. The van der Waals surface area contributed by atoms with Crippen LogP contribution in [0.4, 0.5) is 0 Å². The zero-order chi connectivity index (χ0) is 9.10. The maximum Gasteiger partial charge on any atom is 0.132 e. The molecule has 0 heterocycles. The van der Waals surface area contributed by atoms with Gasteiger partial charge in [-0.1, -0.05) is 25.7 Å². The number of carbonyl (C=O) groups is 1. The molecule has 0 N–H and O–H groups in total. The van der Waals surface area contributed by atoms with Crippen LogP contribution in [0.25, 0.3) is 0 Å². The van der Waals surface area contributed by atoms with E-state index in [1.54, 1.807) is 32.1 Å². The van der Waals surface area contributed by atoms with Crippen LogP contribution >= 0.6 is 0 Å². The van der Waals surface area contributed by atoms with E-state index in [1.807, 2.05) is 0 Å². The summed E-state index contributed by atoms with van der Waals surface area (Å²) in [5.74, 6) is 2.80. The van der Waals surface area contributed by atoms with Gasteiger partial charge in [-0.05, 0) is 31.1 Å². The van der Waals surface area contributed by atoms with Crippen molar-refractivity contribution in [2.24, 2.45) is 11.8 Å². The predicted molar refractivity (Wildman–Crippen MR) is 53.5 cm³/mol. The van der Waals surface area contributed by atoms with E-state index < -0.39 is 0 Å². The number of fused-ring (bicyclic) bond motifs is 2. The Balaban J connectivity index is 0.000000102. The molecule has 0 atom stereocenters. The van der Waals surface area contributed by atoms with Crippen molar-refractivity contribution in [1.82, 2.24) is 0 Å². The lowest BCUT2D eigenvalue weighted by atomic mass is 10.0. The van der Waals surface area contributed by atoms with Crippen LogP contribution in [0.2, 0.25) is 0 Å². The topological polar surface area (TPSA) is 17.1 Å². The van der Waals surface area contributed by atoms with Gasteiger partial charge >= 0.3 is 0 Å². The van der Waals surface area contributed by atoms with Crippen LogP contribution in [0.15, 0.2) is 0 Å². The lowest BCUT2D eigenvalue weighted by molar-refractivity contribution is -0.117. The van der Waals surface area contributed by atoms with E-state index in [9.17, 15) is 4.79 Å². The first-order valence-corrected chi connectivity index (χ1v) is 5.86. The molecule has 3 saturated carbocycles. The van der Waals surface area contributed by atoms with Crippen LogP contribution in [-0.2, 0) is 4.79 Å². The van der Waals surface area contributed by atoms with Crippen LogP contribution < -0.4 is 0 Å². The molecular weight excluding hydrogens is 160 g/mol. The highest BCUT2D eigenvalue weighted by atomic mass is 16.1. The van der Waals surface area contributed by atoms with Gasteiger partial charge in [-0.15, -0.1) is 0 Å². The molecule has 3 fully saturated rings. The molecular formula is C12H20O. The lowest BCUT2D eigenvalue weighted by Crippen LogP contribution is -1.90. The molecule has 13 heavy (non-hydrogen) atoms. The monoisotopic (exact) mass is 180 g/mol. The first-order valence-electron chi connectivity index (χ1n) is 5.86. The molecule has 0 aromatic carbocycles.